The van der Waals surface area contributed by atoms with Crippen molar-refractivity contribution in [3.8, 4) is 0 Å². The second-order valence-electron chi connectivity index (χ2n) is 14.2. The topological polar surface area (TPSA) is 63.6 Å². The van der Waals surface area contributed by atoms with Gasteiger partial charge in [0.05, 0.1) is 0 Å². The number of hydrogen-bond acceptors (Lipinski definition) is 3. The van der Waals surface area contributed by atoms with Gasteiger partial charge in [-0.25, -0.2) is 0 Å². The SMILES string of the molecule is CCCCC/C=C\C/C=C\C/C=C\C(CCCCCCCC(=O)O)OC(=O)CCCCCCCCCCC/C=C\C/C=C\CCCCCCC. The fourth-order valence-electron chi connectivity index (χ4n) is 6.02. The van der Waals surface area contributed by atoms with Crippen LogP contribution in [0, 0.1) is 0 Å². The maximum absolute atomic E-state index is 12.7. The van der Waals surface area contributed by atoms with Gasteiger partial charge in [-0.15, -0.1) is 0 Å². The highest BCUT2D eigenvalue weighted by Crippen LogP contribution is 2.15. The minimum absolute atomic E-state index is 0.0762. The molecule has 4 nitrogen and oxygen atoms in total. The molecule has 0 aliphatic carbocycles. The molecule has 0 fully saturated rings. The number of allylic oxidation sites excluding steroid dienone is 9. The van der Waals surface area contributed by atoms with E-state index in [0.717, 1.165) is 70.6 Å². The quantitative estimate of drug-likeness (QED) is 0.0396. The molecule has 1 atom stereocenters. The van der Waals surface area contributed by atoms with Crippen molar-refractivity contribution in [3.05, 3.63) is 60.8 Å². The number of aliphatic carboxylic acids is 1. The van der Waals surface area contributed by atoms with E-state index in [1.807, 2.05) is 0 Å². The molecule has 1 unspecified atom stereocenters. The molecule has 0 saturated heterocycles. The van der Waals surface area contributed by atoms with Gasteiger partial charge in [0.1, 0.15) is 6.10 Å². The van der Waals surface area contributed by atoms with E-state index in [2.05, 4.69) is 74.6 Å². The normalized spacial score (nSPS) is 12.8. The molecule has 0 bridgehead atoms. The van der Waals surface area contributed by atoms with Crippen LogP contribution in [0.1, 0.15) is 213 Å². The Hall–Kier alpha value is -2.36. The molecule has 0 rings (SSSR count). The van der Waals surface area contributed by atoms with Crippen LogP contribution in [-0.4, -0.2) is 23.1 Å². The summed E-state index contributed by atoms with van der Waals surface area (Å²) in [7, 11) is 0. The largest absolute Gasteiger partial charge is 0.481 e. The molecule has 0 aliphatic rings. The minimum atomic E-state index is -0.717. The average molecular weight is 697 g/mol. The molecule has 0 aromatic rings. The molecule has 0 heterocycles. The zero-order valence-corrected chi connectivity index (χ0v) is 32.9. The number of rotatable bonds is 38. The maximum atomic E-state index is 12.7. The highest BCUT2D eigenvalue weighted by atomic mass is 16.5. The van der Waals surface area contributed by atoms with Crippen molar-refractivity contribution < 1.29 is 19.4 Å². The number of carboxylic acid groups (broad SMARTS) is 1. The van der Waals surface area contributed by atoms with Gasteiger partial charge in [-0.05, 0) is 89.5 Å². The fraction of sp³-hybridized carbons (Fsp3) is 0.739. The van der Waals surface area contributed by atoms with Gasteiger partial charge < -0.3 is 9.84 Å². The Morgan fingerprint density at radius 3 is 1.36 bits per heavy atom. The van der Waals surface area contributed by atoms with Crippen molar-refractivity contribution in [2.45, 2.75) is 219 Å². The van der Waals surface area contributed by atoms with E-state index in [-0.39, 0.29) is 18.5 Å². The zero-order chi connectivity index (χ0) is 36.4. The lowest BCUT2D eigenvalue weighted by Gasteiger charge is -2.14. The van der Waals surface area contributed by atoms with Crippen molar-refractivity contribution in [2.24, 2.45) is 0 Å². The summed E-state index contributed by atoms with van der Waals surface area (Å²) in [5, 5.41) is 8.82. The molecule has 0 saturated carbocycles. The molecule has 288 valence electrons. The molecular weight excluding hydrogens is 617 g/mol. The van der Waals surface area contributed by atoms with Crippen LogP contribution in [0.3, 0.4) is 0 Å². The van der Waals surface area contributed by atoms with E-state index < -0.39 is 5.97 Å². The van der Waals surface area contributed by atoms with Gasteiger partial charge in [0.15, 0.2) is 0 Å². The van der Waals surface area contributed by atoms with Crippen LogP contribution in [0.25, 0.3) is 0 Å². The van der Waals surface area contributed by atoms with Crippen molar-refractivity contribution in [1.29, 1.82) is 0 Å². The summed E-state index contributed by atoms with van der Waals surface area (Å²) in [6.07, 6.45) is 56.9. The third kappa shape index (κ3) is 40.1. The van der Waals surface area contributed by atoms with Crippen molar-refractivity contribution >= 4 is 11.9 Å². The van der Waals surface area contributed by atoms with Crippen molar-refractivity contribution in [1.82, 2.24) is 0 Å². The number of esters is 1. The molecule has 4 heteroatoms. The molecule has 0 aromatic carbocycles. The fourth-order valence-corrected chi connectivity index (χ4v) is 6.02. The van der Waals surface area contributed by atoms with E-state index in [1.165, 1.54) is 116 Å². The summed E-state index contributed by atoms with van der Waals surface area (Å²) < 4.78 is 5.90. The van der Waals surface area contributed by atoms with Crippen molar-refractivity contribution in [2.75, 3.05) is 0 Å². The van der Waals surface area contributed by atoms with Gasteiger partial charge in [0.2, 0.25) is 0 Å². The summed E-state index contributed by atoms with van der Waals surface area (Å²) in [6.45, 7) is 4.50. The van der Waals surface area contributed by atoms with E-state index in [0.29, 0.717) is 6.42 Å². The first kappa shape index (κ1) is 47.6. The van der Waals surface area contributed by atoms with E-state index in [1.54, 1.807) is 0 Å². The van der Waals surface area contributed by atoms with Gasteiger partial charge in [-0.1, -0.05) is 171 Å². The number of carbonyl (C=O) groups excluding carboxylic acids is 1. The molecule has 0 radical (unpaired) electrons. The van der Waals surface area contributed by atoms with Crippen LogP contribution >= 0.6 is 0 Å². The summed E-state index contributed by atoms with van der Waals surface area (Å²) in [5.41, 5.74) is 0. The molecule has 0 aromatic heterocycles. The number of carbonyl (C=O) groups is 2. The molecule has 50 heavy (non-hydrogen) atoms. The van der Waals surface area contributed by atoms with Gasteiger partial charge in [0, 0.05) is 12.8 Å². The van der Waals surface area contributed by atoms with E-state index in [9.17, 15) is 9.59 Å². The van der Waals surface area contributed by atoms with Crippen LogP contribution in [0.5, 0.6) is 0 Å². The molecule has 0 spiro atoms. The lowest BCUT2D eigenvalue weighted by Crippen LogP contribution is -2.16. The standard InChI is InChI=1S/C46H80O4/c1-3-5-7-9-11-13-15-16-17-18-19-20-21-22-23-24-26-28-30-35-39-43-46(49)50-44(41-37-33-31-34-38-42-45(47)48)40-36-32-29-27-25-14-12-10-8-6-4-2/h12,14-16,18-19,27,29,36,40,44H,3-11,13,17,20-26,28,30-35,37-39,41-43H2,1-2H3,(H,47,48)/b14-12-,16-15-,19-18-,29-27-,40-36-. The molecule has 0 aliphatic heterocycles. The van der Waals surface area contributed by atoms with Crippen LogP contribution in [0.15, 0.2) is 60.8 Å². The van der Waals surface area contributed by atoms with Gasteiger partial charge in [-0.2, -0.15) is 0 Å². The van der Waals surface area contributed by atoms with Crippen LogP contribution in [0.2, 0.25) is 0 Å². The number of ether oxygens (including phenoxy) is 1. The number of carboxylic acids is 1. The van der Waals surface area contributed by atoms with Crippen LogP contribution in [-0.2, 0) is 14.3 Å². The van der Waals surface area contributed by atoms with E-state index >= 15 is 0 Å². The summed E-state index contributed by atoms with van der Waals surface area (Å²) >= 11 is 0. The second kappa shape index (κ2) is 41.1. The van der Waals surface area contributed by atoms with Crippen LogP contribution in [0.4, 0.5) is 0 Å². The molecule has 0 amide bonds. The van der Waals surface area contributed by atoms with Gasteiger partial charge in [0.25, 0.3) is 0 Å². The molecule has 1 N–H and O–H groups in total. The lowest BCUT2D eigenvalue weighted by molar-refractivity contribution is -0.147. The highest BCUT2D eigenvalue weighted by Gasteiger charge is 2.11. The summed E-state index contributed by atoms with van der Waals surface area (Å²) in [5.74, 6) is -0.793. The van der Waals surface area contributed by atoms with Crippen LogP contribution < -0.4 is 0 Å². The Balaban J connectivity index is 4.05. The first-order chi connectivity index (χ1) is 24.6. The number of unbranched alkanes of at least 4 members (excludes halogenated alkanes) is 21. The Kier molecular flexibility index (Phi) is 39.1. The third-order valence-corrected chi connectivity index (χ3v) is 9.20. The number of hydrogen-bond donors (Lipinski definition) is 1. The smallest absolute Gasteiger partial charge is 0.306 e. The zero-order valence-electron chi connectivity index (χ0n) is 32.9. The van der Waals surface area contributed by atoms with E-state index in [4.69, 9.17) is 9.84 Å². The Morgan fingerprint density at radius 1 is 0.460 bits per heavy atom. The Bertz CT molecular complexity index is 881. The first-order valence-electron chi connectivity index (χ1n) is 21.3. The van der Waals surface area contributed by atoms with Gasteiger partial charge >= 0.3 is 11.9 Å². The summed E-state index contributed by atoms with van der Waals surface area (Å²) in [6, 6.07) is 0. The Morgan fingerprint density at radius 2 is 0.840 bits per heavy atom. The lowest BCUT2D eigenvalue weighted by atomic mass is 10.1. The summed E-state index contributed by atoms with van der Waals surface area (Å²) in [4.78, 5) is 23.4. The predicted molar refractivity (Wildman–Crippen MR) is 218 cm³/mol. The highest BCUT2D eigenvalue weighted by molar-refractivity contribution is 5.69. The monoisotopic (exact) mass is 697 g/mol. The Labute approximate surface area is 310 Å². The third-order valence-electron chi connectivity index (χ3n) is 9.20. The van der Waals surface area contributed by atoms with Crippen molar-refractivity contribution in [3.63, 3.8) is 0 Å². The maximum Gasteiger partial charge on any atom is 0.306 e. The second-order valence-corrected chi connectivity index (χ2v) is 14.2. The first-order valence-corrected chi connectivity index (χ1v) is 21.3. The predicted octanol–water partition coefficient (Wildman–Crippen LogP) is 14.9. The van der Waals surface area contributed by atoms with Gasteiger partial charge in [-0.3, -0.25) is 9.59 Å². The minimum Gasteiger partial charge on any atom is -0.481 e. The average Bonchev–Trinajstić information content (AvgIpc) is 3.10. The molecular formula is C46H80O4.